The number of alkyl halides is 2. The van der Waals surface area contributed by atoms with Gasteiger partial charge in [0, 0.05) is 0 Å². The SMILES string of the molecule is CI(C)N1CCCC1. The second-order valence-electron chi connectivity index (χ2n) is 2.33. The summed E-state index contributed by atoms with van der Waals surface area (Å²) >= 11 is -0.539. The average Bonchev–Trinajstić information content (AvgIpc) is 2.12. The van der Waals surface area contributed by atoms with E-state index in [1.54, 1.807) is 0 Å². The first-order valence-corrected chi connectivity index (χ1v) is 8.34. The molecule has 1 rings (SSSR count). The zero-order chi connectivity index (χ0) is 5.98. The van der Waals surface area contributed by atoms with Crippen LogP contribution in [0.4, 0.5) is 0 Å². The van der Waals surface area contributed by atoms with Crippen LogP contribution in [0.2, 0.25) is 0 Å². The van der Waals surface area contributed by atoms with Crippen molar-refractivity contribution >= 4 is 20.1 Å². The number of rotatable bonds is 1. The van der Waals surface area contributed by atoms with Gasteiger partial charge in [-0.05, 0) is 0 Å². The van der Waals surface area contributed by atoms with E-state index in [1.807, 2.05) is 0 Å². The summed E-state index contributed by atoms with van der Waals surface area (Å²) in [6.45, 7) is 2.80. The molecule has 1 saturated heterocycles. The van der Waals surface area contributed by atoms with Crippen LogP contribution >= 0.6 is 20.1 Å². The fourth-order valence-corrected chi connectivity index (χ4v) is 3.63. The van der Waals surface area contributed by atoms with Crippen LogP contribution < -0.4 is 0 Å². The zero-order valence-electron chi connectivity index (χ0n) is 5.65. The molecule has 1 aliphatic heterocycles. The van der Waals surface area contributed by atoms with Crippen molar-refractivity contribution in [2.75, 3.05) is 23.0 Å². The van der Waals surface area contributed by atoms with Crippen molar-refractivity contribution in [1.29, 1.82) is 0 Å². The molecule has 0 saturated carbocycles. The summed E-state index contributed by atoms with van der Waals surface area (Å²) in [7, 11) is 0. The number of halogens is 1. The van der Waals surface area contributed by atoms with E-state index >= 15 is 0 Å². The van der Waals surface area contributed by atoms with Crippen molar-refractivity contribution in [3.8, 4) is 0 Å². The molecule has 0 aromatic carbocycles. The molecule has 0 aromatic heterocycles. The summed E-state index contributed by atoms with van der Waals surface area (Å²) < 4.78 is 2.68. The molecule has 8 heavy (non-hydrogen) atoms. The zero-order valence-corrected chi connectivity index (χ0v) is 7.81. The maximum absolute atomic E-state index is 2.68. The fourth-order valence-electron chi connectivity index (χ4n) is 1.02. The second-order valence-corrected chi connectivity index (χ2v) is 7.78. The third kappa shape index (κ3) is 1.58. The Bertz CT molecular complexity index is 66.9. The molecule has 0 spiro atoms. The summed E-state index contributed by atoms with van der Waals surface area (Å²) in [4.78, 5) is 4.85. The van der Waals surface area contributed by atoms with Crippen molar-refractivity contribution < 1.29 is 0 Å². The normalized spacial score (nSPS) is 24.0. The molecule has 0 radical (unpaired) electrons. The molecular weight excluding hydrogens is 213 g/mol. The molecule has 1 heterocycles. The molecule has 0 unspecified atom stereocenters. The van der Waals surface area contributed by atoms with E-state index in [2.05, 4.69) is 13.0 Å². The molecule has 1 aliphatic rings. The van der Waals surface area contributed by atoms with Crippen molar-refractivity contribution in [3.63, 3.8) is 0 Å². The third-order valence-electron chi connectivity index (χ3n) is 1.53. The van der Waals surface area contributed by atoms with Gasteiger partial charge in [0.2, 0.25) is 0 Å². The Hall–Kier alpha value is 0.690. The molecule has 0 aliphatic carbocycles. The fraction of sp³-hybridized carbons (Fsp3) is 1.00. The van der Waals surface area contributed by atoms with Crippen LogP contribution in [0.25, 0.3) is 0 Å². The van der Waals surface area contributed by atoms with Crippen molar-refractivity contribution in [2.24, 2.45) is 0 Å². The van der Waals surface area contributed by atoms with E-state index in [9.17, 15) is 0 Å². The second kappa shape index (κ2) is 3.01. The van der Waals surface area contributed by atoms with Crippen LogP contribution in [-0.2, 0) is 0 Å². The van der Waals surface area contributed by atoms with Crippen molar-refractivity contribution in [2.45, 2.75) is 12.8 Å². The minimum atomic E-state index is -0.539. The molecule has 0 atom stereocenters. The van der Waals surface area contributed by atoms with Gasteiger partial charge >= 0.3 is 59.0 Å². The van der Waals surface area contributed by atoms with Crippen molar-refractivity contribution in [3.05, 3.63) is 0 Å². The molecule has 1 nitrogen and oxygen atoms in total. The maximum atomic E-state index is 2.68. The molecule has 0 bridgehead atoms. The van der Waals surface area contributed by atoms with E-state index in [1.165, 1.54) is 25.9 Å². The minimum absolute atomic E-state index is 0.539. The predicted octanol–water partition coefficient (Wildman–Crippen LogP) is 1.76. The molecule has 0 N–H and O–H groups in total. The van der Waals surface area contributed by atoms with Gasteiger partial charge in [0.25, 0.3) is 0 Å². The van der Waals surface area contributed by atoms with Gasteiger partial charge in [-0.2, -0.15) is 0 Å². The van der Waals surface area contributed by atoms with Crippen LogP contribution in [-0.4, -0.2) is 26.1 Å². The Morgan fingerprint density at radius 3 is 1.88 bits per heavy atom. The van der Waals surface area contributed by atoms with Crippen LogP contribution in [0.1, 0.15) is 12.8 Å². The standard InChI is InChI=1S/C6H14IN/c1-7(2)8-5-3-4-6-8/h3-6H2,1-2H3. The third-order valence-corrected chi connectivity index (χ3v) is 5.22. The van der Waals surface area contributed by atoms with Gasteiger partial charge in [0.1, 0.15) is 0 Å². The number of nitrogens with zero attached hydrogens (tertiary/aromatic N) is 1. The number of hydrogen-bond donors (Lipinski definition) is 0. The van der Waals surface area contributed by atoms with Gasteiger partial charge in [-0.15, -0.1) is 0 Å². The topological polar surface area (TPSA) is 3.24 Å². The quantitative estimate of drug-likeness (QED) is 0.375. The Labute approximate surface area is 59.2 Å². The van der Waals surface area contributed by atoms with E-state index in [4.69, 9.17) is 0 Å². The molecule has 0 amide bonds. The van der Waals surface area contributed by atoms with Gasteiger partial charge in [-0.3, -0.25) is 0 Å². The Balaban J connectivity index is 2.24. The Morgan fingerprint density at radius 2 is 1.62 bits per heavy atom. The van der Waals surface area contributed by atoms with E-state index < -0.39 is 20.1 Å². The summed E-state index contributed by atoms with van der Waals surface area (Å²) in [5.41, 5.74) is 0. The van der Waals surface area contributed by atoms with Crippen LogP contribution in [0, 0.1) is 0 Å². The Morgan fingerprint density at radius 1 is 1.12 bits per heavy atom. The average molecular weight is 227 g/mol. The summed E-state index contributed by atoms with van der Waals surface area (Å²) in [5.74, 6) is 0. The Kier molecular flexibility index (Phi) is 2.56. The summed E-state index contributed by atoms with van der Waals surface area (Å²) in [6, 6.07) is 0. The van der Waals surface area contributed by atoms with Crippen LogP contribution in [0.3, 0.4) is 0 Å². The molecule has 50 valence electrons. The predicted molar refractivity (Wildman–Crippen MR) is 46.7 cm³/mol. The molecule has 0 aromatic rings. The van der Waals surface area contributed by atoms with Crippen LogP contribution in [0.5, 0.6) is 0 Å². The summed E-state index contributed by atoms with van der Waals surface area (Å²) in [5, 5.41) is 0. The van der Waals surface area contributed by atoms with E-state index in [-0.39, 0.29) is 0 Å². The molecular formula is C6H14IN. The van der Waals surface area contributed by atoms with Gasteiger partial charge in [0.05, 0.1) is 0 Å². The van der Waals surface area contributed by atoms with Crippen molar-refractivity contribution in [1.82, 2.24) is 3.11 Å². The first-order chi connectivity index (χ1) is 3.80. The van der Waals surface area contributed by atoms with E-state index in [0.29, 0.717) is 0 Å². The monoisotopic (exact) mass is 227 g/mol. The van der Waals surface area contributed by atoms with Crippen LogP contribution in [0.15, 0.2) is 0 Å². The summed E-state index contributed by atoms with van der Waals surface area (Å²) in [6.07, 6.45) is 2.91. The van der Waals surface area contributed by atoms with Gasteiger partial charge in [-0.1, -0.05) is 0 Å². The molecule has 2 heteroatoms. The number of hydrogen-bond acceptors (Lipinski definition) is 1. The molecule has 1 fully saturated rings. The first kappa shape index (κ1) is 6.81. The van der Waals surface area contributed by atoms with Gasteiger partial charge < -0.3 is 0 Å². The van der Waals surface area contributed by atoms with Gasteiger partial charge in [-0.25, -0.2) is 0 Å². The van der Waals surface area contributed by atoms with E-state index in [0.717, 1.165) is 0 Å². The van der Waals surface area contributed by atoms with Gasteiger partial charge in [0.15, 0.2) is 0 Å². The first-order valence-electron chi connectivity index (χ1n) is 3.06.